The van der Waals surface area contributed by atoms with E-state index in [0.717, 1.165) is 6.42 Å². The molecular weight excluding hydrogens is 156 g/mol. The number of hydrogen-bond acceptors (Lipinski definition) is 2. The molecule has 0 heterocycles. The van der Waals surface area contributed by atoms with E-state index >= 15 is 0 Å². The van der Waals surface area contributed by atoms with Crippen LogP contribution in [-0.4, -0.2) is 32.3 Å². The first-order valence-corrected chi connectivity index (χ1v) is 4.20. The fourth-order valence-corrected chi connectivity index (χ4v) is 0.732. The van der Waals surface area contributed by atoms with Crippen LogP contribution < -0.4 is 10.6 Å². The molecule has 0 saturated heterocycles. The molecule has 0 aromatic rings. The number of carbonyl (C=O) groups excluding carboxylic acids is 1. The van der Waals surface area contributed by atoms with Crippen LogP contribution in [0.3, 0.4) is 0 Å². The maximum atomic E-state index is 11.0. The molecule has 0 saturated carbocycles. The fraction of sp³-hybridized carbons (Fsp3) is 0.875. The van der Waals surface area contributed by atoms with Crippen LogP contribution in [0.5, 0.6) is 0 Å². The summed E-state index contributed by atoms with van der Waals surface area (Å²) in [5.74, 6) is 0. The van der Waals surface area contributed by atoms with Crippen molar-refractivity contribution in [3.05, 3.63) is 0 Å². The molecule has 4 nitrogen and oxygen atoms in total. The average molecular weight is 174 g/mol. The summed E-state index contributed by atoms with van der Waals surface area (Å²) in [7, 11) is 1.65. The molecular formula is C8H18N2O2. The highest BCUT2D eigenvalue weighted by Crippen LogP contribution is 1.79. The molecule has 2 amide bonds. The van der Waals surface area contributed by atoms with Gasteiger partial charge in [0.2, 0.25) is 0 Å². The molecule has 0 fully saturated rings. The molecule has 0 spiro atoms. The van der Waals surface area contributed by atoms with Crippen LogP contribution in [0.1, 0.15) is 20.3 Å². The molecule has 0 radical (unpaired) electrons. The standard InChI is InChI=1S/C8H18N2O2/c1-7(2)10-8(11)9-5-4-6-12-3/h7H,4-6H2,1-3H3,(H2,9,10,11). The number of ether oxygens (including phenoxy) is 1. The van der Waals surface area contributed by atoms with Gasteiger partial charge in [-0.3, -0.25) is 0 Å². The monoisotopic (exact) mass is 174 g/mol. The first kappa shape index (κ1) is 11.2. The van der Waals surface area contributed by atoms with Crippen molar-refractivity contribution in [2.24, 2.45) is 0 Å². The van der Waals surface area contributed by atoms with E-state index in [1.807, 2.05) is 13.8 Å². The van der Waals surface area contributed by atoms with Gasteiger partial charge in [0, 0.05) is 26.3 Å². The first-order chi connectivity index (χ1) is 5.66. The molecule has 0 aliphatic carbocycles. The molecule has 0 aromatic carbocycles. The lowest BCUT2D eigenvalue weighted by molar-refractivity contribution is 0.193. The van der Waals surface area contributed by atoms with Crippen molar-refractivity contribution in [2.75, 3.05) is 20.3 Å². The summed E-state index contributed by atoms with van der Waals surface area (Å²) in [5.41, 5.74) is 0. The van der Waals surface area contributed by atoms with Crippen molar-refractivity contribution in [1.82, 2.24) is 10.6 Å². The van der Waals surface area contributed by atoms with E-state index in [-0.39, 0.29) is 12.1 Å². The number of urea groups is 1. The van der Waals surface area contributed by atoms with E-state index in [4.69, 9.17) is 4.74 Å². The highest BCUT2D eigenvalue weighted by molar-refractivity contribution is 5.73. The minimum atomic E-state index is -0.110. The van der Waals surface area contributed by atoms with Crippen LogP contribution in [0.15, 0.2) is 0 Å². The number of carbonyl (C=O) groups is 1. The van der Waals surface area contributed by atoms with Gasteiger partial charge < -0.3 is 15.4 Å². The number of rotatable bonds is 5. The first-order valence-electron chi connectivity index (χ1n) is 4.20. The van der Waals surface area contributed by atoms with Crippen LogP contribution in [0.2, 0.25) is 0 Å². The highest BCUT2D eigenvalue weighted by atomic mass is 16.5. The molecule has 0 aliphatic heterocycles. The number of amides is 2. The maximum Gasteiger partial charge on any atom is 0.314 e. The molecule has 12 heavy (non-hydrogen) atoms. The highest BCUT2D eigenvalue weighted by Gasteiger charge is 1.99. The van der Waals surface area contributed by atoms with Crippen molar-refractivity contribution in [3.8, 4) is 0 Å². The van der Waals surface area contributed by atoms with Crippen LogP contribution in [-0.2, 0) is 4.74 Å². The van der Waals surface area contributed by atoms with Crippen LogP contribution >= 0.6 is 0 Å². The van der Waals surface area contributed by atoms with Crippen molar-refractivity contribution >= 4 is 6.03 Å². The van der Waals surface area contributed by atoms with Crippen molar-refractivity contribution in [1.29, 1.82) is 0 Å². The number of methoxy groups -OCH3 is 1. The van der Waals surface area contributed by atoms with Gasteiger partial charge in [0.25, 0.3) is 0 Å². The van der Waals surface area contributed by atoms with E-state index < -0.39 is 0 Å². The summed E-state index contributed by atoms with van der Waals surface area (Å²) < 4.78 is 4.83. The molecule has 2 N–H and O–H groups in total. The minimum Gasteiger partial charge on any atom is -0.385 e. The summed E-state index contributed by atoms with van der Waals surface area (Å²) >= 11 is 0. The predicted octanol–water partition coefficient (Wildman–Crippen LogP) is 0.730. The maximum absolute atomic E-state index is 11.0. The van der Waals surface area contributed by atoms with Crippen molar-refractivity contribution < 1.29 is 9.53 Å². The molecule has 0 aliphatic rings. The summed E-state index contributed by atoms with van der Waals surface area (Å²) in [6.45, 7) is 5.19. The van der Waals surface area contributed by atoms with Gasteiger partial charge in [-0.25, -0.2) is 4.79 Å². The topological polar surface area (TPSA) is 50.4 Å². The Bertz CT molecular complexity index is 126. The van der Waals surface area contributed by atoms with E-state index in [0.29, 0.717) is 13.2 Å². The van der Waals surface area contributed by atoms with Crippen molar-refractivity contribution in [2.45, 2.75) is 26.3 Å². The predicted molar refractivity (Wildman–Crippen MR) is 48.2 cm³/mol. The number of nitrogens with one attached hydrogen (secondary N) is 2. The smallest absolute Gasteiger partial charge is 0.314 e. The summed E-state index contributed by atoms with van der Waals surface area (Å²) in [6, 6.07) is 0.0773. The lowest BCUT2D eigenvalue weighted by Gasteiger charge is -2.09. The Morgan fingerprint density at radius 2 is 2.17 bits per heavy atom. The minimum absolute atomic E-state index is 0.110. The Kier molecular flexibility index (Phi) is 6.47. The van der Waals surface area contributed by atoms with E-state index in [1.54, 1.807) is 7.11 Å². The zero-order valence-corrected chi connectivity index (χ0v) is 8.02. The second-order valence-electron chi connectivity index (χ2n) is 2.90. The molecule has 0 aromatic heterocycles. The molecule has 72 valence electrons. The zero-order chi connectivity index (χ0) is 9.40. The van der Waals surface area contributed by atoms with Gasteiger partial charge in [0.15, 0.2) is 0 Å². The van der Waals surface area contributed by atoms with Gasteiger partial charge in [0.1, 0.15) is 0 Å². The van der Waals surface area contributed by atoms with Gasteiger partial charge in [-0.2, -0.15) is 0 Å². The summed E-state index contributed by atoms with van der Waals surface area (Å²) in [4.78, 5) is 11.0. The van der Waals surface area contributed by atoms with Crippen LogP contribution in [0.4, 0.5) is 4.79 Å². The zero-order valence-electron chi connectivity index (χ0n) is 8.02. The third kappa shape index (κ3) is 7.34. The second-order valence-corrected chi connectivity index (χ2v) is 2.90. The van der Waals surface area contributed by atoms with Gasteiger partial charge in [-0.15, -0.1) is 0 Å². The second kappa shape index (κ2) is 6.91. The fourth-order valence-electron chi connectivity index (χ4n) is 0.732. The molecule has 4 heteroatoms. The Labute approximate surface area is 73.7 Å². The molecule has 0 rings (SSSR count). The van der Waals surface area contributed by atoms with Crippen LogP contribution in [0.25, 0.3) is 0 Å². The Balaban J connectivity index is 3.20. The van der Waals surface area contributed by atoms with Gasteiger partial charge in [-0.1, -0.05) is 0 Å². The Morgan fingerprint density at radius 3 is 2.67 bits per heavy atom. The molecule has 0 bridgehead atoms. The Hall–Kier alpha value is -0.770. The third-order valence-electron chi connectivity index (χ3n) is 1.23. The van der Waals surface area contributed by atoms with E-state index in [1.165, 1.54) is 0 Å². The van der Waals surface area contributed by atoms with Gasteiger partial charge in [0.05, 0.1) is 0 Å². The quantitative estimate of drug-likeness (QED) is 0.604. The van der Waals surface area contributed by atoms with Gasteiger partial charge >= 0.3 is 6.03 Å². The number of hydrogen-bond donors (Lipinski definition) is 2. The van der Waals surface area contributed by atoms with E-state index in [2.05, 4.69) is 10.6 Å². The lowest BCUT2D eigenvalue weighted by Crippen LogP contribution is -2.39. The summed E-state index contributed by atoms with van der Waals surface area (Å²) in [5, 5.41) is 5.45. The van der Waals surface area contributed by atoms with Gasteiger partial charge in [-0.05, 0) is 20.3 Å². The van der Waals surface area contributed by atoms with E-state index in [9.17, 15) is 4.79 Å². The lowest BCUT2D eigenvalue weighted by atomic mass is 10.4. The molecule has 0 atom stereocenters. The Morgan fingerprint density at radius 1 is 1.50 bits per heavy atom. The largest absolute Gasteiger partial charge is 0.385 e. The average Bonchev–Trinajstić information content (AvgIpc) is 1.97. The van der Waals surface area contributed by atoms with Crippen LogP contribution in [0, 0.1) is 0 Å². The normalized spacial score (nSPS) is 10.0. The summed E-state index contributed by atoms with van der Waals surface area (Å²) in [6.07, 6.45) is 0.849. The van der Waals surface area contributed by atoms with Crippen molar-refractivity contribution in [3.63, 3.8) is 0 Å². The SMILES string of the molecule is COCCCNC(=O)NC(C)C. The third-order valence-corrected chi connectivity index (χ3v) is 1.23. The molecule has 0 unspecified atom stereocenters.